The molecule has 0 bridgehead atoms. The smallest absolute Gasteiger partial charge is 0.0907 e. The predicted molar refractivity (Wildman–Crippen MR) is 72.6 cm³/mol. The first-order valence-corrected chi connectivity index (χ1v) is 6.66. The third-order valence-electron chi connectivity index (χ3n) is 2.82. The number of rotatable bonds is 5. The van der Waals surface area contributed by atoms with Gasteiger partial charge in [0.2, 0.25) is 0 Å². The van der Waals surface area contributed by atoms with Crippen LogP contribution in [0.25, 0.3) is 10.2 Å². The van der Waals surface area contributed by atoms with E-state index in [0.717, 1.165) is 30.0 Å². The maximum absolute atomic E-state index is 8.83. The van der Waals surface area contributed by atoms with Crippen LogP contribution in [0.15, 0.2) is 18.2 Å². The molecule has 1 heterocycles. The Balaban J connectivity index is 2.03. The van der Waals surface area contributed by atoms with E-state index in [4.69, 9.17) is 5.11 Å². The number of aliphatic hydroxyl groups is 1. The maximum Gasteiger partial charge on any atom is 0.0907 e. The minimum absolute atomic E-state index is 0.226. The van der Waals surface area contributed by atoms with Crippen LogP contribution >= 0.6 is 11.3 Å². The molecule has 0 aliphatic heterocycles. The van der Waals surface area contributed by atoms with Crippen LogP contribution in [0.3, 0.4) is 0 Å². The van der Waals surface area contributed by atoms with Gasteiger partial charge in [-0.1, -0.05) is 6.07 Å². The number of aryl methyl sites for hydroxylation is 1. The summed E-state index contributed by atoms with van der Waals surface area (Å²) in [5.41, 5.74) is 2.44. The summed E-state index contributed by atoms with van der Waals surface area (Å²) in [6.07, 6.45) is 1.02. The Morgan fingerprint density at radius 3 is 2.94 bits per heavy atom. The second-order valence-electron chi connectivity index (χ2n) is 4.31. The molecule has 0 fully saturated rings. The highest BCUT2D eigenvalue weighted by Crippen LogP contribution is 2.22. The Bertz CT molecular complexity index is 495. The summed E-state index contributed by atoms with van der Waals surface area (Å²) in [5.74, 6) is 0. The van der Waals surface area contributed by atoms with Gasteiger partial charge in [0.1, 0.15) is 0 Å². The van der Waals surface area contributed by atoms with Crippen molar-refractivity contribution in [2.75, 3.05) is 26.7 Å². The number of likely N-dealkylation sites (N-methyl/N-ethyl adjacent to an activating group) is 1. The van der Waals surface area contributed by atoms with Gasteiger partial charge in [-0.15, -0.1) is 11.3 Å². The monoisotopic (exact) mass is 250 g/mol. The van der Waals surface area contributed by atoms with E-state index >= 15 is 0 Å². The third kappa shape index (κ3) is 3.25. The van der Waals surface area contributed by atoms with Gasteiger partial charge in [0.25, 0.3) is 0 Å². The molecule has 1 N–H and O–H groups in total. The van der Waals surface area contributed by atoms with Crippen LogP contribution in [0.5, 0.6) is 0 Å². The van der Waals surface area contributed by atoms with Crippen molar-refractivity contribution in [3.8, 4) is 0 Å². The zero-order chi connectivity index (χ0) is 12.3. The molecule has 92 valence electrons. The molecule has 17 heavy (non-hydrogen) atoms. The molecule has 0 saturated carbocycles. The Kier molecular flexibility index (Phi) is 4.10. The first kappa shape index (κ1) is 12.5. The lowest BCUT2D eigenvalue weighted by atomic mass is 10.1. The molecular formula is C13H18N2OS. The molecule has 0 saturated heterocycles. The molecule has 0 unspecified atom stereocenters. The average molecular weight is 250 g/mol. The van der Waals surface area contributed by atoms with Gasteiger partial charge in [-0.25, -0.2) is 4.98 Å². The number of nitrogens with zero attached hydrogens (tertiary/aromatic N) is 2. The first-order valence-electron chi connectivity index (χ1n) is 5.84. The Labute approximate surface area is 106 Å². The summed E-state index contributed by atoms with van der Waals surface area (Å²) in [7, 11) is 2.03. The Morgan fingerprint density at radius 2 is 2.18 bits per heavy atom. The molecule has 1 aromatic carbocycles. The largest absolute Gasteiger partial charge is 0.395 e. The zero-order valence-corrected chi connectivity index (χ0v) is 11.1. The quantitative estimate of drug-likeness (QED) is 0.882. The van der Waals surface area contributed by atoms with Gasteiger partial charge in [0, 0.05) is 13.1 Å². The standard InChI is InChI=1S/C13H18N2OS/c1-10-14-12-4-3-11(9-13(12)17-10)5-6-15(2)7-8-16/h3-4,9,16H,5-8H2,1-2H3. The molecule has 0 aliphatic carbocycles. The first-order chi connectivity index (χ1) is 8.19. The van der Waals surface area contributed by atoms with Crippen LogP contribution in [0.4, 0.5) is 0 Å². The van der Waals surface area contributed by atoms with Gasteiger partial charge >= 0.3 is 0 Å². The summed E-state index contributed by atoms with van der Waals surface area (Å²) in [5, 5.41) is 9.95. The average Bonchev–Trinajstić information content (AvgIpc) is 2.66. The van der Waals surface area contributed by atoms with Gasteiger partial charge in [-0.05, 0) is 38.1 Å². The molecular weight excluding hydrogens is 232 g/mol. The normalized spacial score (nSPS) is 11.5. The van der Waals surface area contributed by atoms with Crippen LogP contribution < -0.4 is 0 Å². The van der Waals surface area contributed by atoms with Crippen LogP contribution in [0.2, 0.25) is 0 Å². The second-order valence-corrected chi connectivity index (χ2v) is 5.55. The number of thiazole rings is 1. The summed E-state index contributed by atoms with van der Waals surface area (Å²) < 4.78 is 1.27. The lowest BCUT2D eigenvalue weighted by molar-refractivity contribution is 0.223. The van der Waals surface area contributed by atoms with Crippen LogP contribution in [-0.4, -0.2) is 41.7 Å². The zero-order valence-electron chi connectivity index (χ0n) is 10.3. The molecule has 0 atom stereocenters. The number of hydrogen-bond donors (Lipinski definition) is 1. The molecule has 0 amide bonds. The van der Waals surface area contributed by atoms with Gasteiger partial charge in [-0.2, -0.15) is 0 Å². The molecule has 0 spiro atoms. The van der Waals surface area contributed by atoms with Crippen molar-refractivity contribution in [1.29, 1.82) is 0 Å². The van der Waals surface area contributed by atoms with E-state index in [2.05, 4.69) is 28.1 Å². The van der Waals surface area contributed by atoms with E-state index in [1.54, 1.807) is 11.3 Å². The highest BCUT2D eigenvalue weighted by Gasteiger charge is 2.03. The lowest BCUT2D eigenvalue weighted by Gasteiger charge is -2.14. The van der Waals surface area contributed by atoms with Crippen LogP contribution in [0.1, 0.15) is 10.6 Å². The van der Waals surface area contributed by atoms with Gasteiger partial charge in [0.05, 0.1) is 21.8 Å². The molecule has 1 aromatic heterocycles. The SMILES string of the molecule is Cc1nc2ccc(CCN(C)CCO)cc2s1. The highest BCUT2D eigenvalue weighted by atomic mass is 32.1. The maximum atomic E-state index is 8.83. The number of aliphatic hydroxyl groups excluding tert-OH is 1. The van der Waals surface area contributed by atoms with Crippen LogP contribution in [0, 0.1) is 6.92 Å². The predicted octanol–water partition coefficient (Wildman–Crippen LogP) is 2.07. The molecule has 4 heteroatoms. The fourth-order valence-corrected chi connectivity index (χ4v) is 2.73. The van der Waals surface area contributed by atoms with E-state index in [1.165, 1.54) is 10.3 Å². The number of aromatic nitrogens is 1. The summed E-state index contributed by atoms with van der Waals surface area (Å²) in [4.78, 5) is 6.59. The molecule has 2 rings (SSSR count). The molecule has 0 aliphatic rings. The summed E-state index contributed by atoms with van der Waals surface area (Å²) in [6.45, 7) is 3.98. The number of fused-ring (bicyclic) bond motifs is 1. The fraction of sp³-hybridized carbons (Fsp3) is 0.462. The van der Waals surface area contributed by atoms with Crippen molar-refractivity contribution in [1.82, 2.24) is 9.88 Å². The molecule has 0 radical (unpaired) electrons. The minimum atomic E-state index is 0.226. The number of benzene rings is 1. The van der Waals surface area contributed by atoms with Crippen molar-refractivity contribution in [2.24, 2.45) is 0 Å². The fourth-order valence-electron chi connectivity index (χ4n) is 1.84. The number of hydrogen-bond acceptors (Lipinski definition) is 4. The van der Waals surface area contributed by atoms with Gasteiger partial charge < -0.3 is 10.0 Å². The highest BCUT2D eigenvalue weighted by molar-refractivity contribution is 7.18. The van der Waals surface area contributed by atoms with Crippen LogP contribution in [-0.2, 0) is 6.42 Å². The lowest BCUT2D eigenvalue weighted by Crippen LogP contribution is -2.24. The van der Waals surface area contributed by atoms with Crippen molar-refractivity contribution in [3.05, 3.63) is 28.8 Å². The van der Waals surface area contributed by atoms with E-state index in [0.29, 0.717) is 0 Å². The third-order valence-corrected chi connectivity index (χ3v) is 3.76. The van der Waals surface area contributed by atoms with Crippen molar-refractivity contribution >= 4 is 21.6 Å². The summed E-state index contributed by atoms with van der Waals surface area (Å²) >= 11 is 1.75. The minimum Gasteiger partial charge on any atom is -0.395 e. The van der Waals surface area contributed by atoms with E-state index in [1.807, 2.05) is 14.0 Å². The van der Waals surface area contributed by atoms with Crippen molar-refractivity contribution in [2.45, 2.75) is 13.3 Å². The topological polar surface area (TPSA) is 36.4 Å². The van der Waals surface area contributed by atoms with E-state index in [9.17, 15) is 0 Å². The Hall–Kier alpha value is -0.970. The van der Waals surface area contributed by atoms with Gasteiger partial charge in [0.15, 0.2) is 0 Å². The molecule has 3 nitrogen and oxygen atoms in total. The van der Waals surface area contributed by atoms with Crippen molar-refractivity contribution in [3.63, 3.8) is 0 Å². The Morgan fingerprint density at radius 1 is 1.35 bits per heavy atom. The summed E-state index contributed by atoms with van der Waals surface area (Å²) in [6, 6.07) is 6.47. The van der Waals surface area contributed by atoms with E-state index in [-0.39, 0.29) is 6.61 Å². The second kappa shape index (κ2) is 5.58. The molecule has 2 aromatic rings. The van der Waals surface area contributed by atoms with Gasteiger partial charge in [-0.3, -0.25) is 0 Å². The van der Waals surface area contributed by atoms with Crippen molar-refractivity contribution < 1.29 is 5.11 Å². The van der Waals surface area contributed by atoms with E-state index < -0.39 is 0 Å².